The Bertz CT molecular complexity index is 1600. The van der Waals surface area contributed by atoms with Crippen molar-refractivity contribution in [2.75, 3.05) is 10.8 Å². The van der Waals surface area contributed by atoms with Gasteiger partial charge in [-0.05, 0) is 60.5 Å². The molecule has 1 aliphatic heterocycles. The molecule has 1 aromatic heterocycles. The smallest absolute Gasteiger partial charge is 0.279 e. The van der Waals surface area contributed by atoms with Gasteiger partial charge in [-0.2, -0.15) is 4.99 Å². The number of anilines is 1. The highest BCUT2D eigenvalue weighted by atomic mass is 35.5. The molecule has 0 unspecified atom stereocenters. The summed E-state index contributed by atoms with van der Waals surface area (Å²) in [4.78, 5) is 17.9. The first kappa shape index (κ1) is 22.6. The number of sulfonamides is 1. The van der Waals surface area contributed by atoms with E-state index >= 15 is 0 Å². The molecule has 0 fully saturated rings. The monoisotopic (exact) mass is 509 g/mol. The van der Waals surface area contributed by atoms with E-state index in [4.69, 9.17) is 11.6 Å². The lowest BCUT2D eigenvalue weighted by atomic mass is 10.2. The summed E-state index contributed by atoms with van der Waals surface area (Å²) in [6.07, 6.45) is 2.41. The van der Waals surface area contributed by atoms with Crippen molar-refractivity contribution < 1.29 is 13.2 Å². The largest absolute Gasteiger partial charge is 0.312 e. The molecule has 0 spiro atoms. The van der Waals surface area contributed by atoms with Gasteiger partial charge in [0.05, 0.1) is 20.8 Å². The fraction of sp³-hybridized carbons (Fsp3) is 0.120. The molecule has 6 nitrogen and oxygen atoms in total. The third kappa shape index (κ3) is 3.98. The predicted octanol–water partition coefficient (Wildman–Crippen LogP) is 5.03. The maximum absolute atomic E-state index is 13.2. The Labute approximate surface area is 206 Å². The van der Waals surface area contributed by atoms with E-state index in [-0.39, 0.29) is 4.90 Å². The fourth-order valence-electron chi connectivity index (χ4n) is 4.04. The number of amides is 1. The summed E-state index contributed by atoms with van der Waals surface area (Å²) in [6.45, 7) is 4.68. The summed E-state index contributed by atoms with van der Waals surface area (Å²) < 4.78 is 30.6. The molecule has 0 bridgehead atoms. The molecule has 0 saturated carbocycles. The van der Waals surface area contributed by atoms with Crippen LogP contribution in [-0.4, -0.2) is 25.4 Å². The van der Waals surface area contributed by atoms with E-state index in [0.29, 0.717) is 40.6 Å². The summed E-state index contributed by atoms with van der Waals surface area (Å²) in [6, 6.07) is 18.9. The van der Waals surface area contributed by atoms with Crippen molar-refractivity contribution in [1.82, 2.24) is 4.57 Å². The van der Waals surface area contributed by atoms with Crippen molar-refractivity contribution in [3.8, 4) is 0 Å². The number of rotatable bonds is 5. The average Bonchev–Trinajstić information content (AvgIpc) is 3.41. The van der Waals surface area contributed by atoms with Crippen LogP contribution in [0.4, 0.5) is 5.69 Å². The predicted molar refractivity (Wildman–Crippen MR) is 136 cm³/mol. The summed E-state index contributed by atoms with van der Waals surface area (Å²) in [5.41, 5.74) is 2.93. The molecule has 0 atom stereocenters. The molecular weight excluding hydrogens is 490 g/mol. The number of para-hydroxylation sites is 1. The number of carbonyl (C=O) groups excluding carboxylic acids is 1. The normalized spacial score (nSPS) is 13.9. The van der Waals surface area contributed by atoms with Crippen LogP contribution in [0.1, 0.15) is 15.9 Å². The van der Waals surface area contributed by atoms with E-state index in [1.807, 2.05) is 41.0 Å². The molecule has 0 radical (unpaired) electrons. The van der Waals surface area contributed by atoms with Gasteiger partial charge < -0.3 is 4.57 Å². The second-order valence-electron chi connectivity index (χ2n) is 7.79. The molecule has 2 heterocycles. The zero-order chi connectivity index (χ0) is 23.9. The first-order valence-corrected chi connectivity index (χ1v) is 13.2. The molecule has 34 heavy (non-hydrogen) atoms. The van der Waals surface area contributed by atoms with Gasteiger partial charge in [0.15, 0.2) is 4.80 Å². The molecule has 5 rings (SSSR count). The van der Waals surface area contributed by atoms with E-state index in [0.717, 1.165) is 15.8 Å². The lowest BCUT2D eigenvalue weighted by molar-refractivity contribution is 0.0998. The van der Waals surface area contributed by atoms with Crippen molar-refractivity contribution in [3.05, 3.63) is 100 Å². The number of hydrogen-bond acceptors (Lipinski definition) is 4. The number of benzene rings is 3. The van der Waals surface area contributed by atoms with Crippen molar-refractivity contribution >= 4 is 54.8 Å². The number of aromatic nitrogens is 1. The quantitative estimate of drug-likeness (QED) is 0.354. The van der Waals surface area contributed by atoms with Crippen LogP contribution in [0.25, 0.3) is 10.2 Å². The van der Waals surface area contributed by atoms with Crippen LogP contribution in [0.15, 0.2) is 89.3 Å². The third-order valence-electron chi connectivity index (χ3n) is 5.69. The number of halogens is 1. The van der Waals surface area contributed by atoms with E-state index in [2.05, 4.69) is 11.6 Å². The lowest BCUT2D eigenvalue weighted by Crippen LogP contribution is -2.29. The second kappa shape index (κ2) is 8.87. The van der Waals surface area contributed by atoms with Crippen LogP contribution < -0.4 is 9.11 Å². The molecule has 0 saturated heterocycles. The molecule has 0 N–H and O–H groups in total. The average molecular weight is 510 g/mol. The van der Waals surface area contributed by atoms with Gasteiger partial charge in [-0.15, -0.1) is 6.58 Å². The zero-order valence-corrected chi connectivity index (χ0v) is 20.4. The second-order valence-corrected chi connectivity index (χ2v) is 11.1. The minimum Gasteiger partial charge on any atom is -0.312 e. The molecule has 172 valence electrons. The van der Waals surface area contributed by atoms with Crippen molar-refractivity contribution in [1.29, 1.82) is 0 Å². The maximum Gasteiger partial charge on any atom is 0.279 e. The topological polar surface area (TPSA) is 71.7 Å². The van der Waals surface area contributed by atoms with Crippen molar-refractivity contribution in [3.63, 3.8) is 0 Å². The summed E-state index contributed by atoms with van der Waals surface area (Å²) in [5, 5.41) is 0.606. The van der Waals surface area contributed by atoms with E-state index in [1.54, 1.807) is 12.1 Å². The SMILES string of the molecule is C=CCn1c(=NC(=O)c2ccc(S(=O)(=O)N3CCc4ccccc43)cc2)sc2cc(Cl)ccc21. The molecule has 3 aromatic carbocycles. The van der Waals surface area contributed by atoms with Gasteiger partial charge in [0, 0.05) is 23.7 Å². The standard InChI is InChI=1S/C25H20ClN3O3S2/c1-2-14-28-22-12-9-19(26)16-23(22)33-25(28)27-24(30)18-7-10-20(11-8-18)34(31,32)29-15-13-17-5-3-4-6-21(17)29/h2-12,16H,1,13-15H2. The number of hydrogen-bond donors (Lipinski definition) is 0. The Morgan fingerprint density at radius 3 is 2.65 bits per heavy atom. The van der Waals surface area contributed by atoms with Crippen LogP contribution in [0.5, 0.6) is 0 Å². The van der Waals surface area contributed by atoms with Gasteiger partial charge in [-0.3, -0.25) is 9.10 Å². The highest BCUT2D eigenvalue weighted by molar-refractivity contribution is 7.92. The van der Waals surface area contributed by atoms with Gasteiger partial charge in [-0.1, -0.05) is 47.2 Å². The van der Waals surface area contributed by atoms with Gasteiger partial charge >= 0.3 is 0 Å². The minimum atomic E-state index is -3.72. The Morgan fingerprint density at radius 2 is 1.88 bits per heavy atom. The summed E-state index contributed by atoms with van der Waals surface area (Å²) in [7, 11) is -3.72. The molecule has 0 aliphatic carbocycles. The molecule has 1 aliphatic rings. The Morgan fingerprint density at radius 1 is 1.12 bits per heavy atom. The molecule has 4 aromatic rings. The van der Waals surface area contributed by atoms with Gasteiger partial charge in [0.1, 0.15) is 0 Å². The molecule has 9 heteroatoms. The first-order valence-electron chi connectivity index (χ1n) is 10.6. The zero-order valence-electron chi connectivity index (χ0n) is 18.0. The van der Waals surface area contributed by atoms with Crippen molar-refractivity contribution in [2.24, 2.45) is 4.99 Å². The van der Waals surface area contributed by atoms with Crippen LogP contribution in [-0.2, 0) is 23.0 Å². The first-order chi connectivity index (χ1) is 16.4. The van der Waals surface area contributed by atoms with Crippen molar-refractivity contribution in [2.45, 2.75) is 17.9 Å². The van der Waals surface area contributed by atoms with Gasteiger partial charge in [0.2, 0.25) is 0 Å². The van der Waals surface area contributed by atoms with Crippen LogP contribution >= 0.6 is 22.9 Å². The summed E-state index contributed by atoms with van der Waals surface area (Å²) in [5.74, 6) is -0.453. The Balaban J connectivity index is 1.47. The Kier molecular flexibility index (Phi) is 5.89. The van der Waals surface area contributed by atoms with Gasteiger partial charge in [0.25, 0.3) is 15.9 Å². The highest BCUT2D eigenvalue weighted by Crippen LogP contribution is 2.32. The van der Waals surface area contributed by atoms with Crippen LogP contribution in [0.2, 0.25) is 5.02 Å². The minimum absolute atomic E-state index is 0.138. The highest BCUT2D eigenvalue weighted by Gasteiger charge is 2.30. The van der Waals surface area contributed by atoms with Crippen LogP contribution in [0.3, 0.4) is 0 Å². The third-order valence-corrected chi connectivity index (χ3v) is 8.79. The number of carbonyl (C=O) groups is 1. The number of allylic oxidation sites excluding steroid dienone is 1. The van der Waals surface area contributed by atoms with E-state index in [1.165, 1.54) is 39.9 Å². The fourth-order valence-corrected chi connectivity index (χ4v) is 6.86. The van der Waals surface area contributed by atoms with E-state index in [9.17, 15) is 13.2 Å². The summed E-state index contributed by atoms with van der Waals surface area (Å²) >= 11 is 7.47. The number of thiazole rings is 1. The molecular formula is C25H20ClN3O3S2. The van der Waals surface area contributed by atoms with Gasteiger partial charge in [-0.25, -0.2) is 8.42 Å². The number of nitrogens with zero attached hydrogens (tertiary/aromatic N) is 3. The maximum atomic E-state index is 13.2. The number of fused-ring (bicyclic) bond motifs is 2. The van der Waals surface area contributed by atoms with Crippen LogP contribution in [0, 0.1) is 0 Å². The molecule has 1 amide bonds. The Hall–Kier alpha value is -3.20. The lowest BCUT2D eigenvalue weighted by Gasteiger charge is -2.19. The van der Waals surface area contributed by atoms with E-state index < -0.39 is 15.9 Å².